The quantitative estimate of drug-likeness (QED) is 0.346. The molecule has 0 aliphatic carbocycles. The molecule has 0 amide bonds. The van der Waals surface area contributed by atoms with E-state index in [0.717, 1.165) is 32.5 Å². The summed E-state index contributed by atoms with van der Waals surface area (Å²) in [6.07, 6.45) is 1.85. The maximum absolute atomic E-state index is 9.62. The lowest BCUT2D eigenvalue weighted by Crippen LogP contribution is -1.95. The molecule has 0 fully saturated rings. The van der Waals surface area contributed by atoms with Crippen LogP contribution in [-0.4, -0.2) is 4.98 Å². The third-order valence-corrected chi connectivity index (χ3v) is 5.81. The number of rotatable bonds is 6. The van der Waals surface area contributed by atoms with Gasteiger partial charge in [0.05, 0.1) is 16.1 Å². The number of nitrogens with zero attached hydrogens (tertiary/aromatic N) is 2. The Labute approximate surface area is 171 Å². The van der Waals surface area contributed by atoms with E-state index in [0.29, 0.717) is 12.2 Å². The lowest BCUT2D eigenvalue weighted by molar-refractivity contribution is 0.306. The number of allylic oxidation sites excluding steroid dienone is 1. The predicted molar refractivity (Wildman–Crippen MR) is 116 cm³/mol. The van der Waals surface area contributed by atoms with Crippen molar-refractivity contribution in [3.63, 3.8) is 0 Å². The summed E-state index contributed by atoms with van der Waals surface area (Å²) >= 11 is 3.13. The van der Waals surface area contributed by atoms with Gasteiger partial charge in [-0.3, -0.25) is 0 Å². The van der Waals surface area contributed by atoms with Gasteiger partial charge < -0.3 is 4.74 Å². The molecule has 0 aliphatic rings. The Morgan fingerprint density at radius 1 is 1.04 bits per heavy atom. The van der Waals surface area contributed by atoms with E-state index in [1.807, 2.05) is 83.6 Å². The molecule has 0 spiro atoms. The highest BCUT2D eigenvalue weighted by Gasteiger charge is 2.10. The Bertz CT molecular complexity index is 1120. The summed E-state index contributed by atoms with van der Waals surface area (Å²) < 4.78 is 5.88. The van der Waals surface area contributed by atoms with Crippen molar-refractivity contribution in [2.75, 3.05) is 0 Å². The van der Waals surface area contributed by atoms with Crippen LogP contribution in [0, 0.1) is 11.3 Å². The first kappa shape index (κ1) is 18.2. The van der Waals surface area contributed by atoms with Crippen LogP contribution >= 0.6 is 22.7 Å². The highest BCUT2D eigenvalue weighted by molar-refractivity contribution is 7.14. The second-order valence-corrected chi connectivity index (χ2v) is 7.84. The summed E-state index contributed by atoms with van der Waals surface area (Å²) in [6.45, 7) is 0.510. The van der Waals surface area contributed by atoms with Gasteiger partial charge in [-0.15, -0.1) is 22.7 Å². The molecule has 0 saturated heterocycles. The topological polar surface area (TPSA) is 45.9 Å². The summed E-state index contributed by atoms with van der Waals surface area (Å²) in [6, 6.07) is 24.1. The minimum absolute atomic E-state index is 0.510. The SMILES string of the molecule is N#C/C(=C/c1cccc(OCc2ccccc2)c1)c1nc(-c2cccs2)cs1. The van der Waals surface area contributed by atoms with E-state index in [4.69, 9.17) is 4.74 Å². The van der Waals surface area contributed by atoms with E-state index >= 15 is 0 Å². The van der Waals surface area contributed by atoms with Gasteiger partial charge in [-0.1, -0.05) is 48.5 Å². The normalized spacial score (nSPS) is 11.2. The van der Waals surface area contributed by atoms with E-state index in [9.17, 15) is 5.26 Å². The predicted octanol–water partition coefficient (Wildman–Crippen LogP) is 6.51. The Balaban J connectivity index is 1.53. The van der Waals surface area contributed by atoms with Crippen molar-refractivity contribution < 1.29 is 4.74 Å². The Morgan fingerprint density at radius 2 is 1.93 bits per heavy atom. The summed E-state index contributed by atoms with van der Waals surface area (Å²) in [5, 5.41) is 14.4. The van der Waals surface area contributed by atoms with Crippen LogP contribution in [-0.2, 0) is 6.61 Å². The van der Waals surface area contributed by atoms with Gasteiger partial charge in [-0.25, -0.2) is 4.98 Å². The zero-order chi connectivity index (χ0) is 19.2. The Kier molecular flexibility index (Phi) is 5.62. The van der Waals surface area contributed by atoms with Crippen molar-refractivity contribution in [1.82, 2.24) is 4.98 Å². The Hall–Kier alpha value is -3.20. The highest BCUT2D eigenvalue weighted by atomic mass is 32.1. The largest absolute Gasteiger partial charge is 0.489 e. The van der Waals surface area contributed by atoms with Crippen LogP contribution in [0.5, 0.6) is 5.75 Å². The third-order valence-electron chi connectivity index (χ3n) is 4.05. The van der Waals surface area contributed by atoms with Gasteiger partial charge in [0.1, 0.15) is 23.4 Å². The number of nitriles is 1. The molecule has 0 N–H and O–H groups in total. The molecular formula is C23H16N2OS2. The monoisotopic (exact) mass is 400 g/mol. The molecule has 2 aromatic heterocycles. The molecule has 2 aromatic carbocycles. The molecule has 0 bridgehead atoms. The number of benzene rings is 2. The maximum Gasteiger partial charge on any atom is 0.134 e. The van der Waals surface area contributed by atoms with E-state index in [2.05, 4.69) is 11.1 Å². The van der Waals surface area contributed by atoms with Crippen LogP contribution in [0.15, 0.2) is 77.5 Å². The van der Waals surface area contributed by atoms with Gasteiger partial charge in [-0.05, 0) is 40.8 Å². The van der Waals surface area contributed by atoms with Gasteiger partial charge in [0.2, 0.25) is 0 Å². The molecule has 28 heavy (non-hydrogen) atoms. The number of aromatic nitrogens is 1. The first-order valence-corrected chi connectivity index (χ1v) is 10.5. The number of thiazole rings is 1. The number of thiophene rings is 1. The first-order chi connectivity index (χ1) is 13.8. The van der Waals surface area contributed by atoms with Gasteiger partial charge in [0.25, 0.3) is 0 Å². The van der Waals surface area contributed by atoms with Crippen LogP contribution in [0.4, 0.5) is 0 Å². The highest BCUT2D eigenvalue weighted by Crippen LogP contribution is 2.30. The number of ether oxygens (including phenoxy) is 1. The van der Waals surface area contributed by atoms with Crippen LogP contribution < -0.4 is 4.74 Å². The molecular weight excluding hydrogens is 384 g/mol. The Morgan fingerprint density at radius 3 is 2.71 bits per heavy atom. The van der Waals surface area contributed by atoms with Gasteiger partial charge in [0.15, 0.2) is 0 Å². The standard InChI is InChI=1S/C23H16N2OS2/c24-14-19(23-25-21(16-28-23)22-10-5-11-27-22)12-18-8-4-9-20(13-18)26-15-17-6-2-1-3-7-17/h1-13,16H,15H2/b19-12-. The number of hydrogen-bond acceptors (Lipinski definition) is 5. The van der Waals surface area contributed by atoms with E-state index in [-0.39, 0.29) is 0 Å². The van der Waals surface area contributed by atoms with Gasteiger partial charge in [0, 0.05) is 5.38 Å². The molecule has 0 aliphatic heterocycles. The van der Waals surface area contributed by atoms with Crippen molar-refractivity contribution in [1.29, 1.82) is 5.26 Å². The van der Waals surface area contributed by atoms with Crippen LogP contribution in [0.25, 0.3) is 22.2 Å². The molecule has 5 heteroatoms. The van der Waals surface area contributed by atoms with Crippen LogP contribution in [0.1, 0.15) is 16.1 Å². The van der Waals surface area contributed by atoms with Crippen molar-refractivity contribution in [2.24, 2.45) is 0 Å². The van der Waals surface area contributed by atoms with Crippen LogP contribution in [0.2, 0.25) is 0 Å². The van der Waals surface area contributed by atoms with E-state index < -0.39 is 0 Å². The minimum Gasteiger partial charge on any atom is -0.489 e. The molecule has 136 valence electrons. The minimum atomic E-state index is 0.510. The summed E-state index contributed by atoms with van der Waals surface area (Å²) in [5.74, 6) is 0.772. The molecule has 4 aromatic rings. The molecule has 0 atom stereocenters. The molecule has 3 nitrogen and oxygen atoms in total. The molecule has 0 saturated carbocycles. The smallest absolute Gasteiger partial charge is 0.134 e. The van der Waals surface area contributed by atoms with E-state index in [1.165, 1.54) is 11.3 Å². The molecule has 0 unspecified atom stereocenters. The number of hydrogen-bond donors (Lipinski definition) is 0. The maximum atomic E-state index is 9.62. The molecule has 4 rings (SSSR count). The fourth-order valence-electron chi connectivity index (χ4n) is 2.68. The fourth-order valence-corrected chi connectivity index (χ4v) is 4.22. The zero-order valence-electron chi connectivity index (χ0n) is 14.9. The molecule has 2 heterocycles. The lowest BCUT2D eigenvalue weighted by atomic mass is 10.1. The van der Waals surface area contributed by atoms with Crippen molar-refractivity contribution >= 4 is 34.3 Å². The summed E-state index contributed by atoms with van der Waals surface area (Å²) in [4.78, 5) is 5.73. The summed E-state index contributed by atoms with van der Waals surface area (Å²) in [7, 11) is 0. The van der Waals surface area contributed by atoms with Crippen molar-refractivity contribution in [2.45, 2.75) is 6.61 Å². The average Bonchev–Trinajstić information content (AvgIpc) is 3.43. The second-order valence-electron chi connectivity index (χ2n) is 6.03. The first-order valence-electron chi connectivity index (χ1n) is 8.70. The van der Waals surface area contributed by atoms with Crippen molar-refractivity contribution in [3.8, 4) is 22.4 Å². The lowest BCUT2D eigenvalue weighted by Gasteiger charge is -2.07. The van der Waals surface area contributed by atoms with Crippen LogP contribution in [0.3, 0.4) is 0 Å². The summed E-state index contributed by atoms with van der Waals surface area (Å²) in [5.41, 5.74) is 3.49. The van der Waals surface area contributed by atoms with Gasteiger partial charge >= 0.3 is 0 Å². The van der Waals surface area contributed by atoms with E-state index in [1.54, 1.807) is 11.3 Å². The zero-order valence-corrected chi connectivity index (χ0v) is 16.5. The fraction of sp³-hybridized carbons (Fsp3) is 0.0435. The third kappa shape index (κ3) is 4.37. The second kappa shape index (κ2) is 8.66. The van der Waals surface area contributed by atoms with Gasteiger partial charge in [-0.2, -0.15) is 5.26 Å². The molecule has 0 radical (unpaired) electrons. The average molecular weight is 401 g/mol. The van der Waals surface area contributed by atoms with Crippen molar-refractivity contribution in [3.05, 3.63) is 93.6 Å².